The normalized spacial score (nSPS) is 31.5. The minimum absolute atomic E-state index is 0.0736. The molecular formula is C13H26N2O3S. The molecule has 0 bridgehead atoms. The van der Waals surface area contributed by atoms with E-state index in [1.165, 1.54) is 0 Å². The van der Waals surface area contributed by atoms with Crippen LogP contribution in [0.25, 0.3) is 0 Å². The van der Waals surface area contributed by atoms with E-state index in [1.54, 1.807) is 4.31 Å². The van der Waals surface area contributed by atoms with Gasteiger partial charge in [-0.1, -0.05) is 19.8 Å². The molecule has 2 N–H and O–H groups in total. The van der Waals surface area contributed by atoms with Crippen molar-refractivity contribution in [2.24, 2.45) is 11.8 Å². The van der Waals surface area contributed by atoms with Crippen molar-refractivity contribution in [2.75, 3.05) is 19.7 Å². The van der Waals surface area contributed by atoms with Gasteiger partial charge in [0.2, 0.25) is 0 Å². The second-order valence-corrected chi connectivity index (χ2v) is 7.74. The summed E-state index contributed by atoms with van der Waals surface area (Å²) in [5.74, 6) is 0.693. The Labute approximate surface area is 116 Å². The third-order valence-electron chi connectivity index (χ3n) is 4.53. The SMILES string of the molecule is CC1CCN(S(=O)(=O)NC2CCCCC2CO)CC1. The summed E-state index contributed by atoms with van der Waals surface area (Å²) in [6.45, 7) is 3.48. The molecule has 2 rings (SSSR count). The maximum Gasteiger partial charge on any atom is 0.279 e. The van der Waals surface area contributed by atoms with Crippen LogP contribution in [0.4, 0.5) is 0 Å². The van der Waals surface area contributed by atoms with E-state index in [9.17, 15) is 13.5 Å². The van der Waals surface area contributed by atoms with Gasteiger partial charge in [-0.2, -0.15) is 17.4 Å². The lowest BCUT2D eigenvalue weighted by atomic mass is 9.86. The van der Waals surface area contributed by atoms with Gasteiger partial charge >= 0.3 is 0 Å². The van der Waals surface area contributed by atoms with Gasteiger partial charge < -0.3 is 5.11 Å². The van der Waals surface area contributed by atoms with Crippen molar-refractivity contribution in [3.8, 4) is 0 Å². The van der Waals surface area contributed by atoms with E-state index in [2.05, 4.69) is 11.6 Å². The first-order valence-electron chi connectivity index (χ1n) is 7.41. The first kappa shape index (κ1) is 15.2. The molecule has 112 valence electrons. The standard InChI is InChI=1S/C13H26N2O3S/c1-11-6-8-15(9-7-11)19(17,18)14-13-5-3-2-4-12(13)10-16/h11-14,16H,2-10H2,1H3. The molecule has 2 aliphatic rings. The van der Waals surface area contributed by atoms with Crippen LogP contribution < -0.4 is 4.72 Å². The zero-order valence-corrected chi connectivity index (χ0v) is 12.5. The molecule has 0 aromatic heterocycles. The summed E-state index contributed by atoms with van der Waals surface area (Å²) >= 11 is 0. The monoisotopic (exact) mass is 290 g/mol. The third kappa shape index (κ3) is 3.90. The van der Waals surface area contributed by atoms with Gasteiger partial charge in [0, 0.05) is 25.7 Å². The number of hydrogen-bond acceptors (Lipinski definition) is 3. The Morgan fingerprint density at radius 3 is 2.42 bits per heavy atom. The van der Waals surface area contributed by atoms with E-state index in [4.69, 9.17) is 0 Å². The average Bonchev–Trinajstić information content (AvgIpc) is 2.39. The van der Waals surface area contributed by atoms with Gasteiger partial charge in [-0.3, -0.25) is 0 Å². The zero-order valence-electron chi connectivity index (χ0n) is 11.7. The van der Waals surface area contributed by atoms with E-state index in [1.807, 2.05) is 0 Å². The smallest absolute Gasteiger partial charge is 0.279 e. The number of nitrogens with zero attached hydrogens (tertiary/aromatic N) is 1. The van der Waals surface area contributed by atoms with Crippen LogP contribution in [0.1, 0.15) is 45.4 Å². The van der Waals surface area contributed by atoms with Gasteiger partial charge in [0.05, 0.1) is 0 Å². The minimum atomic E-state index is -3.38. The second-order valence-electron chi connectivity index (χ2n) is 6.04. The van der Waals surface area contributed by atoms with Gasteiger partial charge in [-0.15, -0.1) is 0 Å². The average molecular weight is 290 g/mol. The first-order valence-corrected chi connectivity index (χ1v) is 8.85. The lowest BCUT2D eigenvalue weighted by Crippen LogP contribution is -2.51. The Morgan fingerprint density at radius 2 is 1.79 bits per heavy atom. The highest BCUT2D eigenvalue weighted by Gasteiger charge is 2.32. The first-order chi connectivity index (χ1) is 9.03. The highest BCUT2D eigenvalue weighted by molar-refractivity contribution is 7.87. The van der Waals surface area contributed by atoms with Gasteiger partial charge in [-0.05, 0) is 37.5 Å². The highest BCUT2D eigenvalue weighted by atomic mass is 32.2. The number of rotatable bonds is 4. The Hall–Kier alpha value is -0.170. The minimum Gasteiger partial charge on any atom is -0.396 e. The Morgan fingerprint density at radius 1 is 1.16 bits per heavy atom. The summed E-state index contributed by atoms with van der Waals surface area (Å²) in [5, 5.41) is 9.35. The molecule has 1 aliphatic carbocycles. The quantitative estimate of drug-likeness (QED) is 0.814. The van der Waals surface area contributed by atoms with E-state index < -0.39 is 10.2 Å². The molecule has 0 amide bonds. The van der Waals surface area contributed by atoms with Crippen LogP contribution in [0.15, 0.2) is 0 Å². The molecule has 0 radical (unpaired) electrons. The van der Waals surface area contributed by atoms with Crippen molar-refractivity contribution in [3.05, 3.63) is 0 Å². The largest absolute Gasteiger partial charge is 0.396 e. The van der Waals surface area contributed by atoms with Crippen LogP contribution >= 0.6 is 0 Å². The predicted molar refractivity (Wildman–Crippen MR) is 74.9 cm³/mol. The number of aliphatic hydroxyl groups is 1. The number of hydrogen-bond donors (Lipinski definition) is 2. The van der Waals surface area contributed by atoms with Gasteiger partial charge in [0.15, 0.2) is 0 Å². The summed E-state index contributed by atoms with van der Waals surface area (Å²) in [4.78, 5) is 0. The van der Waals surface area contributed by atoms with Gasteiger partial charge in [0.25, 0.3) is 10.2 Å². The van der Waals surface area contributed by atoms with E-state index in [-0.39, 0.29) is 18.6 Å². The van der Waals surface area contributed by atoms with E-state index >= 15 is 0 Å². The molecule has 1 heterocycles. The summed E-state index contributed by atoms with van der Waals surface area (Å²) in [6.07, 6.45) is 5.77. The van der Waals surface area contributed by atoms with Crippen LogP contribution in [-0.2, 0) is 10.2 Å². The summed E-state index contributed by atoms with van der Waals surface area (Å²) in [6, 6.07) is -0.0944. The Balaban J connectivity index is 1.96. The maximum atomic E-state index is 12.4. The molecule has 1 saturated heterocycles. The lowest BCUT2D eigenvalue weighted by Gasteiger charge is -2.35. The fourth-order valence-electron chi connectivity index (χ4n) is 3.07. The maximum absolute atomic E-state index is 12.4. The second kappa shape index (κ2) is 6.52. The van der Waals surface area contributed by atoms with E-state index in [0.717, 1.165) is 38.5 Å². The predicted octanol–water partition coefficient (Wildman–Crippen LogP) is 1.10. The van der Waals surface area contributed by atoms with Crippen LogP contribution in [-0.4, -0.2) is 43.6 Å². The summed E-state index contributed by atoms with van der Waals surface area (Å²) in [7, 11) is -3.38. The highest BCUT2D eigenvalue weighted by Crippen LogP contribution is 2.25. The van der Waals surface area contributed by atoms with Crippen LogP contribution in [0.5, 0.6) is 0 Å². The molecule has 0 aromatic carbocycles. The molecule has 2 atom stereocenters. The van der Waals surface area contributed by atoms with Gasteiger partial charge in [0.1, 0.15) is 0 Å². The van der Waals surface area contributed by atoms with Crippen molar-refractivity contribution in [1.29, 1.82) is 0 Å². The fourth-order valence-corrected chi connectivity index (χ4v) is 4.61. The molecular weight excluding hydrogens is 264 g/mol. The lowest BCUT2D eigenvalue weighted by molar-refractivity contribution is 0.162. The van der Waals surface area contributed by atoms with Crippen LogP contribution in [0.3, 0.4) is 0 Å². The fraction of sp³-hybridized carbons (Fsp3) is 1.00. The molecule has 19 heavy (non-hydrogen) atoms. The molecule has 0 spiro atoms. The zero-order chi connectivity index (χ0) is 13.9. The van der Waals surface area contributed by atoms with Crippen LogP contribution in [0, 0.1) is 11.8 Å². The van der Waals surface area contributed by atoms with Crippen molar-refractivity contribution in [3.63, 3.8) is 0 Å². The number of nitrogens with one attached hydrogen (secondary N) is 1. The van der Waals surface area contributed by atoms with Crippen molar-refractivity contribution >= 4 is 10.2 Å². The van der Waals surface area contributed by atoms with Crippen molar-refractivity contribution < 1.29 is 13.5 Å². The van der Waals surface area contributed by atoms with Gasteiger partial charge in [-0.25, -0.2) is 0 Å². The third-order valence-corrected chi connectivity index (χ3v) is 6.17. The number of aliphatic hydroxyl groups excluding tert-OH is 1. The molecule has 6 heteroatoms. The summed E-state index contributed by atoms with van der Waals surface area (Å²) < 4.78 is 29.1. The van der Waals surface area contributed by atoms with Crippen molar-refractivity contribution in [1.82, 2.24) is 9.03 Å². The molecule has 2 fully saturated rings. The molecule has 2 unspecified atom stereocenters. The Bertz CT molecular complexity index is 377. The van der Waals surface area contributed by atoms with Crippen LogP contribution in [0.2, 0.25) is 0 Å². The Kier molecular flexibility index (Phi) is 5.22. The summed E-state index contributed by atoms with van der Waals surface area (Å²) in [5.41, 5.74) is 0. The molecule has 5 nitrogen and oxygen atoms in total. The van der Waals surface area contributed by atoms with E-state index in [0.29, 0.717) is 19.0 Å². The molecule has 0 aromatic rings. The topological polar surface area (TPSA) is 69.6 Å². The molecule has 1 saturated carbocycles. The number of piperidine rings is 1. The molecule has 1 aliphatic heterocycles. The van der Waals surface area contributed by atoms with Crippen molar-refractivity contribution in [2.45, 2.75) is 51.5 Å².